The van der Waals surface area contributed by atoms with Gasteiger partial charge in [0.1, 0.15) is 5.82 Å². The molecule has 11 heteroatoms. The lowest BCUT2D eigenvalue weighted by Gasteiger charge is -2.05. The van der Waals surface area contributed by atoms with E-state index in [-0.39, 0.29) is 11.7 Å². The van der Waals surface area contributed by atoms with E-state index in [4.69, 9.17) is 14.4 Å². The third-order valence-electron chi connectivity index (χ3n) is 4.07. The molecule has 0 atom stereocenters. The number of benzene rings is 1. The van der Waals surface area contributed by atoms with Crippen LogP contribution in [0.4, 0.5) is 17.6 Å². The Labute approximate surface area is 180 Å². The molecule has 1 amide bonds. The minimum absolute atomic E-state index is 0.0323. The molecule has 2 N–H and O–H groups in total. The number of aromatic nitrogens is 2. The van der Waals surface area contributed by atoms with Crippen molar-refractivity contribution in [2.24, 2.45) is 0 Å². The van der Waals surface area contributed by atoms with Gasteiger partial charge in [0.25, 0.3) is 0 Å². The van der Waals surface area contributed by atoms with Crippen LogP contribution in [-0.4, -0.2) is 39.8 Å². The van der Waals surface area contributed by atoms with Crippen LogP contribution >= 0.6 is 0 Å². The number of carbonyl (C=O) groups is 2. The number of pyridine rings is 1. The first-order valence-electron chi connectivity index (χ1n) is 9.32. The minimum atomic E-state index is -5.08. The third-order valence-corrected chi connectivity index (χ3v) is 4.07. The van der Waals surface area contributed by atoms with Gasteiger partial charge in [-0.3, -0.25) is 9.78 Å². The van der Waals surface area contributed by atoms with Crippen LogP contribution in [0.25, 0.3) is 11.3 Å². The van der Waals surface area contributed by atoms with Crippen LogP contribution in [0, 0.1) is 5.82 Å². The zero-order valence-electron chi connectivity index (χ0n) is 16.6. The van der Waals surface area contributed by atoms with Gasteiger partial charge in [0.2, 0.25) is 5.91 Å². The molecular weight excluding hydrogens is 434 g/mol. The Kier molecular flexibility index (Phi) is 8.87. The van der Waals surface area contributed by atoms with Gasteiger partial charge < -0.3 is 14.9 Å². The second-order valence-electron chi connectivity index (χ2n) is 6.45. The number of nitrogens with zero attached hydrogens (tertiary/aromatic N) is 2. The van der Waals surface area contributed by atoms with Gasteiger partial charge in [-0.25, -0.2) is 9.18 Å². The monoisotopic (exact) mass is 453 g/mol. The zero-order chi connectivity index (χ0) is 23.6. The molecule has 7 nitrogen and oxygen atoms in total. The van der Waals surface area contributed by atoms with E-state index in [1.54, 1.807) is 30.7 Å². The molecule has 0 saturated carbocycles. The molecule has 0 spiro atoms. The van der Waals surface area contributed by atoms with Gasteiger partial charge in [-0.15, -0.1) is 0 Å². The Morgan fingerprint density at radius 3 is 2.34 bits per heavy atom. The standard InChI is InChI=1S/C19H18FN3O2.C2HF3O2/c20-17-6-3-15(4-7-17)19-16(13-23-25-19)5-8-18(24)22-11-9-14-2-1-10-21-12-14;3-2(4,5)1(6)7/h1-4,6-7,10,12-13H,5,8-9,11H2,(H,22,24);(H,6,7). The van der Waals surface area contributed by atoms with Crippen molar-refractivity contribution in [1.29, 1.82) is 0 Å². The van der Waals surface area contributed by atoms with Crippen molar-refractivity contribution in [1.82, 2.24) is 15.5 Å². The Morgan fingerprint density at radius 1 is 1.06 bits per heavy atom. The van der Waals surface area contributed by atoms with Crippen molar-refractivity contribution in [2.75, 3.05) is 6.54 Å². The Bertz CT molecular complexity index is 1010. The van der Waals surface area contributed by atoms with E-state index in [9.17, 15) is 22.4 Å². The predicted molar refractivity (Wildman–Crippen MR) is 105 cm³/mol. The first-order valence-corrected chi connectivity index (χ1v) is 9.32. The topological polar surface area (TPSA) is 105 Å². The van der Waals surface area contributed by atoms with Crippen LogP contribution < -0.4 is 5.32 Å². The van der Waals surface area contributed by atoms with Gasteiger partial charge in [-0.1, -0.05) is 11.2 Å². The van der Waals surface area contributed by atoms with Gasteiger partial charge in [0, 0.05) is 36.5 Å². The number of carboxylic acids is 1. The van der Waals surface area contributed by atoms with Crippen LogP contribution in [0.15, 0.2) is 59.5 Å². The highest BCUT2D eigenvalue weighted by atomic mass is 19.4. The number of aryl methyl sites for hydroxylation is 1. The number of rotatable bonds is 7. The quantitative estimate of drug-likeness (QED) is 0.528. The number of carbonyl (C=O) groups excluding carboxylic acids is 1. The molecule has 0 aliphatic rings. The number of amides is 1. The minimum Gasteiger partial charge on any atom is -0.475 e. The summed E-state index contributed by atoms with van der Waals surface area (Å²) in [4.78, 5) is 24.9. The first kappa shape index (κ1) is 24.5. The zero-order valence-corrected chi connectivity index (χ0v) is 16.6. The molecule has 0 saturated heterocycles. The number of nitrogens with one attached hydrogen (secondary N) is 1. The molecule has 0 fully saturated rings. The summed E-state index contributed by atoms with van der Waals surface area (Å²) in [6.07, 6.45) is 1.62. The Morgan fingerprint density at radius 2 is 1.75 bits per heavy atom. The van der Waals surface area contributed by atoms with Crippen LogP contribution in [0.2, 0.25) is 0 Å². The summed E-state index contributed by atoms with van der Waals surface area (Å²) in [6.45, 7) is 0.568. The van der Waals surface area contributed by atoms with Gasteiger partial charge in [0.15, 0.2) is 5.76 Å². The highest BCUT2D eigenvalue weighted by Gasteiger charge is 2.38. The van der Waals surface area contributed by atoms with Crippen LogP contribution in [0.1, 0.15) is 17.5 Å². The van der Waals surface area contributed by atoms with E-state index in [0.717, 1.165) is 23.1 Å². The number of carboxylic acid groups (broad SMARTS) is 1. The highest BCUT2D eigenvalue weighted by Crippen LogP contribution is 2.24. The molecule has 0 aliphatic heterocycles. The number of hydrogen-bond acceptors (Lipinski definition) is 5. The molecule has 170 valence electrons. The molecule has 0 radical (unpaired) electrons. The summed E-state index contributed by atoms with van der Waals surface area (Å²) in [5.74, 6) is -2.52. The molecular formula is C21H19F4N3O4. The first-order chi connectivity index (χ1) is 15.2. The fourth-order valence-electron chi connectivity index (χ4n) is 2.51. The largest absolute Gasteiger partial charge is 0.490 e. The number of aliphatic carboxylic acids is 1. The van der Waals surface area contributed by atoms with Crippen molar-refractivity contribution < 1.29 is 36.8 Å². The van der Waals surface area contributed by atoms with Crippen molar-refractivity contribution >= 4 is 11.9 Å². The summed E-state index contributed by atoms with van der Waals surface area (Å²) >= 11 is 0. The number of hydrogen-bond donors (Lipinski definition) is 2. The van der Waals surface area contributed by atoms with Crippen molar-refractivity contribution in [3.63, 3.8) is 0 Å². The lowest BCUT2D eigenvalue weighted by molar-refractivity contribution is -0.192. The predicted octanol–water partition coefficient (Wildman–Crippen LogP) is 3.80. The van der Waals surface area contributed by atoms with Crippen molar-refractivity contribution in [3.8, 4) is 11.3 Å². The van der Waals surface area contributed by atoms with Crippen molar-refractivity contribution in [3.05, 3.63) is 71.9 Å². The SMILES string of the molecule is O=C(CCc1cnoc1-c1ccc(F)cc1)NCCc1cccnc1.O=C(O)C(F)(F)F. The highest BCUT2D eigenvalue weighted by molar-refractivity contribution is 5.76. The van der Waals surface area contributed by atoms with Crippen LogP contribution in [0.3, 0.4) is 0 Å². The maximum absolute atomic E-state index is 13.0. The molecule has 1 aromatic carbocycles. The maximum Gasteiger partial charge on any atom is 0.490 e. The van der Waals surface area contributed by atoms with Crippen LogP contribution in [0.5, 0.6) is 0 Å². The molecule has 2 heterocycles. The van der Waals surface area contributed by atoms with E-state index in [1.807, 2.05) is 12.1 Å². The third kappa shape index (κ3) is 8.17. The molecule has 3 rings (SSSR count). The van der Waals surface area contributed by atoms with Crippen molar-refractivity contribution in [2.45, 2.75) is 25.4 Å². The molecule has 0 aliphatic carbocycles. The fraction of sp³-hybridized carbons (Fsp3) is 0.238. The molecule has 2 aromatic heterocycles. The molecule has 0 unspecified atom stereocenters. The maximum atomic E-state index is 13.0. The fourth-order valence-corrected chi connectivity index (χ4v) is 2.51. The van der Waals surface area contributed by atoms with Crippen LogP contribution in [-0.2, 0) is 22.4 Å². The summed E-state index contributed by atoms with van der Waals surface area (Å²) in [5, 5.41) is 13.8. The van der Waals surface area contributed by atoms with E-state index in [1.165, 1.54) is 12.1 Å². The molecule has 3 aromatic rings. The van der Waals surface area contributed by atoms with E-state index in [0.29, 0.717) is 25.1 Å². The average molecular weight is 453 g/mol. The van der Waals surface area contributed by atoms with Gasteiger partial charge >= 0.3 is 12.1 Å². The average Bonchev–Trinajstić information content (AvgIpc) is 3.22. The lowest BCUT2D eigenvalue weighted by Crippen LogP contribution is -2.25. The normalized spacial score (nSPS) is 10.8. The van der Waals surface area contributed by atoms with Gasteiger partial charge in [-0.2, -0.15) is 13.2 Å². The Hall–Kier alpha value is -3.76. The van der Waals surface area contributed by atoms with E-state index in [2.05, 4.69) is 15.5 Å². The number of halogens is 4. The molecule has 0 bridgehead atoms. The van der Waals surface area contributed by atoms with Gasteiger partial charge in [0.05, 0.1) is 6.20 Å². The number of alkyl halides is 3. The van der Waals surface area contributed by atoms with E-state index < -0.39 is 12.1 Å². The summed E-state index contributed by atoms with van der Waals surface area (Å²) in [7, 11) is 0. The summed E-state index contributed by atoms with van der Waals surface area (Å²) in [6, 6.07) is 9.85. The summed E-state index contributed by atoms with van der Waals surface area (Å²) < 4.78 is 50.0. The second-order valence-corrected chi connectivity index (χ2v) is 6.45. The lowest BCUT2D eigenvalue weighted by atomic mass is 10.1. The Balaban J connectivity index is 0.000000451. The van der Waals surface area contributed by atoms with E-state index >= 15 is 0 Å². The second kappa shape index (κ2) is 11.6. The summed E-state index contributed by atoms with van der Waals surface area (Å²) in [5.41, 5.74) is 2.65. The smallest absolute Gasteiger partial charge is 0.475 e. The van der Waals surface area contributed by atoms with Gasteiger partial charge in [-0.05, 0) is 48.7 Å². The molecule has 32 heavy (non-hydrogen) atoms.